The van der Waals surface area contributed by atoms with Crippen LogP contribution in [-0.4, -0.2) is 26.1 Å². The highest BCUT2D eigenvalue weighted by atomic mass is 19.4. The van der Waals surface area contributed by atoms with E-state index in [-0.39, 0.29) is 11.4 Å². The Labute approximate surface area is 118 Å². The predicted octanol–water partition coefficient (Wildman–Crippen LogP) is 2.65. The molecule has 0 spiro atoms. The second-order valence-corrected chi connectivity index (χ2v) is 4.98. The molecule has 0 atom stereocenters. The summed E-state index contributed by atoms with van der Waals surface area (Å²) in [6.07, 6.45) is -3.42. The molecule has 2 rings (SSSR count). The highest BCUT2D eigenvalue weighted by Crippen LogP contribution is 2.35. The highest BCUT2D eigenvalue weighted by Gasteiger charge is 2.38. The summed E-state index contributed by atoms with van der Waals surface area (Å²) in [6.45, 7) is 2.75. The van der Waals surface area contributed by atoms with Crippen LogP contribution in [0.1, 0.15) is 25.1 Å². The Balaban J connectivity index is 2.67. The summed E-state index contributed by atoms with van der Waals surface area (Å²) in [5.74, 6) is -1.18. The lowest BCUT2D eigenvalue weighted by atomic mass is 9.89. The quantitative estimate of drug-likeness (QED) is 0.946. The Hall–Kier alpha value is -2.38. The minimum Gasteiger partial charge on any atom is -0.481 e. The van der Waals surface area contributed by atoms with Gasteiger partial charge in [0, 0.05) is 0 Å². The molecule has 0 unspecified atom stereocenters. The topological polar surface area (TPSA) is 68.0 Å². The zero-order chi connectivity index (χ0) is 15.8. The van der Waals surface area contributed by atoms with Crippen LogP contribution in [0.4, 0.5) is 13.2 Å². The summed E-state index contributed by atoms with van der Waals surface area (Å²) in [7, 11) is 0. The van der Waals surface area contributed by atoms with E-state index in [1.165, 1.54) is 32.0 Å². The summed E-state index contributed by atoms with van der Waals surface area (Å²) in [6, 6.07) is 4.81. The fourth-order valence-corrected chi connectivity index (χ4v) is 1.85. The average Bonchev–Trinajstić information content (AvgIpc) is 2.87. The fourth-order valence-electron chi connectivity index (χ4n) is 1.85. The third-order valence-electron chi connectivity index (χ3n) is 3.16. The van der Waals surface area contributed by atoms with Gasteiger partial charge in [0.2, 0.25) is 0 Å². The van der Waals surface area contributed by atoms with Crippen LogP contribution in [0.2, 0.25) is 0 Å². The molecular formula is C13H12F3N3O2. The third kappa shape index (κ3) is 2.61. The van der Waals surface area contributed by atoms with Gasteiger partial charge in [0.1, 0.15) is 5.41 Å². The van der Waals surface area contributed by atoms with Gasteiger partial charge in [0.15, 0.2) is 0 Å². The van der Waals surface area contributed by atoms with Crippen molar-refractivity contribution >= 4 is 5.97 Å². The van der Waals surface area contributed by atoms with E-state index in [0.717, 1.165) is 16.9 Å². The minimum absolute atomic E-state index is 0.0618. The lowest BCUT2D eigenvalue weighted by Crippen LogP contribution is -2.31. The summed E-state index contributed by atoms with van der Waals surface area (Å²) >= 11 is 0. The maximum absolute atomic E-state index is 13.0. The largest absolute Gasteiger partial charge is 0.481 e. The van der Waals surface area contributed by atoms with Gasteiger partial charge in [-0.3, -0.25) is 4.79 Å². The molecule has 1 heterocycles. The maximum Gasteiger partial charge on any atom is 0.418 e. The lowest BCUT2D eigenvalue weighted by molar-refractivity contribution is -0.142. The van der Waals surface area contributed by atoms with Crippen molar-refractivity contribution in [2.45, 2.75) is 25.4 Å². The van der Waals surface area contributed by atoms with Crippen LogP contribution in [0.5, 0.6) is 0 Å². The molecule has 112 valence electrons. The van der Waals surface area contributed by atoms with E-state index in [9.17, 15) is 23.1 Å². The van der Waals surface area contributed by atoms with E-state index in [1.807, 2.05) is 0 Å². The van der Waals surface area contributed by atoms with Crippen molar-refractivity contribution < 1.29 is 23.1 Å². The summed E-state index contributed by atoms with van der Waals surface area (Å²) in [5, 5.41) is 16.4. The van der Waals surface area contributed by atoms with E-state index in [0.29, 0.717) is 0 Å². The van der Waals surface area contributed by atoms with Crippen LogP contribution in [0, 0.1) is 0 Å². The number of carboxylic acid groups (broad SMARTS) is 1. The fraction of sp³-hybridized carbons (Fsp3) is 0.308. The van der Waals surface area contributed by atoms with Gasteiger partial charge in [0.25, 0.3) is 0 Å². The number of nitrogens with zero attached hydrogens (tertiary/aromatic N) is 3. The molecule has 1 N–H and O–H groups in total. The van der Waals surface area contributed by atoms with Gasteiger partial charge in [0.05, 0.1) is 23.1 Å². The molecule has 2 aromatic rings. The molecule has 1 aromatic carbocycles. The molecule has 5 nitrogen and oxygen atoms in total. The zero-order valence-corrected chi connectivity index (χ0v) is 11.2. The van der Waals surface area contributed by atoms with Crippen LogP contribution in [0.25, 0.3) is 5.69 Å². The van der Waals surface area contributed by atoms with Gasteiger partial charge in [-0.25, -0.2) is 4.68 Å². The number of hydrogen-bond acceptors (Lipinski definition) is 3. The number of rotatable bonds is 3. The summed E-state index contributed by atoms with van der Waals surface area (Å²) < 4.78 is 40.1. The van der Waals surface area contributed by atoms with Crippen molar-refractivity contribution in [3.63, 3.8) is 0 Å². The van der Waals surface area contributed by atoms with Crippen molar-refractivity contribution in [2.24, 2.45) is 0 Å². The van der Waals surface area contributed by atoms with E-state index >= 15 is 0 Å². The normalized spacial score (nSPS) is 12.4. The number of para-hydroxylation sites is 1. The molecule has 8 heteroatoms. The SMILES string of the molecule is CC(C)(C(=O)O)c1cnnn1-c1ccccc1C(F)(F)F. The molecule has 1 aromatic heterocycles. The Morgan fingerprint density at radius 2 is 1.86 bits per heavy atom. The molecule has 0 saturated carbocycles. The summed E-state index contributed by atoms with van der Waals surface area (Å²) in [4.78, 5) is 11.3. The highest BCUT2D eigenvalue weighted by molar-refractivity contribution is 5.79. The molecule has 0 bridgehead atoms. The van der Waals surface area contributed by atoms with E-state index in [4.69, 9.17) is 0 Å². The van der Waals surface area contributed by atoms with Gasteiger partial charge < -0.3 is 5.11 Å². The number of benzene rings is 1. The Morgan fingerprint density at radius 3 is 2.43 bits per heavy atom. The van der Waals surface area contributed by atoms with Crippen molar-refractivity contribution in [3.05, 3.63) is 41.7 Å². The molecular weight excluding hydrogens is 287 g/mol. The number of carboxylic acids is 1. The van der Waals surface area contributed by atoms with E-state index < -0.39 is 23.1 Å². The van der Waals surface area contributed by atoms with Gasteiger partial charge in [-0.1, -0.05) is 17.3 Å². The monoisotopic (exact) mass is 299 g/mol. The number of halogens is 3. The van der Waals surface area contributed by atoms with Crippen LogP contribution >= 0.6 is 0 Å². The predicted molar refractivity (Wildman–Crippen MR) is 67.0 cm³/mol. The minimum atomic E-state index is -4.58. The van der Waals surface area contributed by atoms with Crippen LogP contribution in [0.15, 0.2) is 30.5 Å². The maximum atomic E-state index is 13.0. The number of aromatic nitrogens is 3. The first-order valence-corrected chi connectivity index (χ1v) is 5.97. The Morgan fingerprint density at radius 1 is 1.24 bits per heavy atom. The van der Waals surface area contributed by atoms with Gasteiger partial charge in [-0.2, -0.15) is 13.2 Å². The summed E-state index contributed by atoms with van der Waals surface area (Å²) in [5.41, 5.74) is -2.53. The molecule has 21 heavy (non-hydrogen) atoms. The van der Waals surface area contributed by atoms with Gasteiger partial charge >= 0.3 is 12.1 Å². The second kappa shape index (κ2) is 4.87. The second-order valence-electron chi connectivity index (χ2n) is 4.98. The molecule has 0 saturated heterocycles. The third-order valence-corrected chi connectivity index (χ3v) is 3.16. The standard InChI is InChI=1S/C13H12F3N3O2/c1-12(2,11(20)21)10-7-17-18-19(10)9-6-4-3-5-8(9)13(14,15)16/h3-7H,1-2H3,(H,20,21). The van der Waals surface area contributed by atoms with Crippen molar-refractivity contribution in [1.29, 1.82) is 0 Å². The molecule has 0 aliphatic carbocycles. The lowest BCUT2D eigenvalue weighted by Gasteiger charge is -2.21. The first-order chi connectivity index (χ1) is 9.65. The van der Waals surface area contributed by atoms with E-state index in [1.54, 1.807) is 0 Å². The number of aliphatic carboxylic acids is 1. The molecule has 0 aliphatic rings. The van der Waals surface area contributed by atoms with Crippen LogP contribution in [-0.2, 0) is 16.4 Å². The van der Waals surface area contributed by atoms with Crippen molar-refractivity contribution in [1.82, 2.24) is 15.0 Å². The zero-order valence-electron chi connectivity index (χ0n) is 11.2. The first-order valence-electron chi connectivity index (χ1n) is 5.97. The van der Waals surface area contributed by atoms with Crippen molar-refractivity contribution in [2.75, 3.05) is 0 Å². The molecule has 0 amide bonds. The number of hydrogen-bond donors (Lipinski definition) is 1. The number of alkyl halides is 3. The smallest absolute Gasteiger partial charge is 0.418 e. The number of carbonyl (C=O) groups is 1. The van der Waals surface area contributed by atoms with E-state index in [2.05, 4.69) is 10.3 Å². The van der Waals surface area contributed by atoms with Gasteiger partial charge in [-0.15, -0.1) is 5.10 Å². The van der Waals surface area contributed by atoms with Crippen LogP contribution in [0.3, 0.4) is 0 Å². The van der Waals surface area contributed by atoms with Gasteiger partial charge in [-0.05, 0) is 26.0 Å². The Bertz CT molecular complexity index is 677. The Kier molecular flexibility index (Phi) is 3.48. The molecule has 0 aliphatic heterocycles. The average molecular weight is 299 g/mol. The van der Waals surface area contributed by atoms with Crippen LogP contribution < -0.4 is 0 Å². The molecule has 0 radical (unpaired) electrons. The first kappa shape index (κ1) is 15.0. The molecule has 0 fully saturated rings. The van der Waals surface area contributed by atoms with Crippen molar-refractivity contribution in [3.8, 4) is 5.69 Å².